The molecule has 228 valence electrons. The minimum absolute atomic E-state index is 0.0818. The van der Waals surface area contributed by atoms with Gasteiger partial charge in [0.15, 0.2) is 23.2 Å². The van der Waals surface area contributed by atoms with Gasteiger partial charge in [0.1, 0.15) is 77.1 Å². The van der Waals surface area contributed by atoms with Gasteiger partial charge in [-0.25, -0.2) is 0 Å². The van der Waals surface area contributed by atoms with Crippen LogP contribution < -0.4 is 5.43 Å². The van der Waals surface area contributed by atoms with Gasteiger partial charge in [0, 0.05) is 17.7 Å². The molecule has 1 aromatic heterocycles. The smallest absolute Gasteiger partial charge is 0.197 e. The molecule has 0 radical (unpaired) electrons. The van der Waals surface area contributed by atoms with Crippen molar-refractivity contribution in [2.75, 3.05) is 6.61 Å². The average Bonchev–Trinajstić information content (AvgIpc) is 2.94. The van der Waals surface area contributed by atoms with Gasteiger partial charge in [-0.05, 0) is 25.1 Å². The van der Waals surface area contributed by atoms with Crippen molar-refractivity contribution in [3.05, 3.63) is 46.1 Å². The van der Waals surface area contributed by atoms with E-state index in [1.165, 1.54) is 13.0 Å². The van der Waals surface area contributed by atoms with Crippen LogP contribution in [0.25, 0.3) is 22.3 Å². The Morgan fingerprint density at radius 1 is 0.810 bits per heavy atom. The standard InChI is InChI=1S/C27H30O15/c1-8-19(33)22(36)24(38)27(39-8)42-26-23(37)20(34)16(7-28)41-25(26)18-13(32)6-15-17(21(18)35)12(31)5-14(40-15)9-2-3-10(29)11(30)4-9/h2-6,8,16,19-20,22-30,32-38H,7H2,1H3/t8-,16?,19?,20?,22?,23?,24?,25?,26?,27?/m0/s1. The monoisotopic (exact) mass is 594 g/mol. The van der Waals surface area contributed by atoms with Crippen molar-refractivity contribution < 1.29 is 69.7 Å². The fourth-order valence-electron chi connectivity index (χ4n) is 5.16. The van der Waals surface area contributed by atoms with Gasteiger partial charge in [-0.1, -0.05) is 0 Å². The van der Waals surface area contributed by atoms with Gasteiger partial charge in [-0.3, -0.25) is 4.79 Å². The summed E-state index contributed by atoms with van der Waals surface area (Å²) < 4.78 is 22.5. The number of phenolic OH excluding ortho intramolecular Hbond substituents is 4. The van der Waals surface area contributed by atoms with Crippen molar-refractivity contribution in [1.82, 2.24) is 0 Å². The zero-order chi connectivity index (χ0) is 30.6. The molecule has 2 fully saturated rings. The maximum absolute atomic E-state index is 13.2. The summed E-state index contributed by atoms with van der Waals surface area (Å²) in [6.45, 7) is 0.568. The SMILES string of the molecule is C[C@@H]1OC(OC2C(c3c(O)cc4oc(-c5ccc(O)c(O)c5)cc(=O)c4c3O)OC(CO)C(O)C2O)C(O)C(O)C1O. The molecule has 15 heteroatoms. The van der Waals surface area contributed by atoms with E-state index in [1.54, 1.807) is 0 Å². The molecular weight excluding hydrogens is 564 g/mol. The van der Waals surface area contributed by atoms with Crippen LogP contribution in [0.2, 0.25) is 0 Å². The second-order valence-electron chi connectivity index (χ2n) is 10.3. The topological polar surface area (TPSA) is 260 Å². The number of hydrogen-bond acceptors (Lipinski definition) is 15. The zero-order valence-corrected chi connectivity index (χ0v) is 21.9. The number of fused-ring (bicyclic) bond motifs is 1. The Balaban J connectivity index is 1.59. The summed E-state index contributed by atoms with van der Waals surface area (Å²) >= 11 is 0. The Labute approximate surface area is 236 Å². The van der Waals surface area contributed by atoms with Crippen LogP contribution in [0, 0.1) is 0 Å². The Morgan fingerprint density at radius 3 is 2.19 bits per heavy atom. The lowest BCUT2D eigenvalue weighted by Crippen LogP contribution is -2.61. The molecule has 2 aromatic carbocycles. The lowest BCUT2D eigenvalue weighted by molar-refractivity contribution is -0.338. The zero-order valence-electron chi connectivity index (χ0n) is 21.9. The van der Waals surface area contributed by atoms with Crippen LogP contribution in [0.3, 0.4) is 0 Å². The highest BCUT2D eigenvalue weighted by molar-refractivity contribution is 5.88. The highest BCUT2D eigenvalue weighted by Crippen LogP contribution is 2.46. The first-order chi connectivity index (χ1) is 19.8. The summed E-state index contributed by atoms with van der Waals surface area (Å²) in [4.78, 5) is 13.2. The number of ether oxygens (including phenoxy) is 3. The van der Waals surface area contributed by atoms with Crippen LogP contribution in [0.1, 0.15) is 18.6 Å². The predicted octanol–water partition coefficient (Wildman–Crippen LogP) is -1.35. The lowest BCUT2D eigenvalue weighted by atomic mass is 9.89. The third-order valence-corrected chi connectivity index (χ3v) is 7.52. The van der Waals surface area contributed by atoms with E-state index in [4.69, 9.17) is 18.6 Å². The van der Waals surface area contributed by atoms with Gasteiger partial charge in [0.2, 0.25) is 0 Å². The minimum Gasteiger partial charge on any atom is -0.507 e. The maximum atomic E-state index is 13.2. The van der Waals surface area contributed by atoms with Crippen LogP contribution in [0.15, 0.2) is 39.5 Å². The molecule has 0 amide bonds. The van der Waals surface area contributed by atoms with Crippen LogP contribution >= 0.6 is 0 Å². The Morgan fingerprint density at radius 2 is 1.52 bits per heavy atom. The van der Waals surface area contributed by atoms with Crippen LogP contribution in [-0.2, 0) is 14.2 Å². The van der Waals surface area contributed by atoms with Gasteiger partial charge >= 0.3 is 0 Å². The predicted molar refractivity (Wildman–Crippen MR) is 139 cm³/mol. The average molecular weight is 595 g/mol. The van der Waals surface area contributed by atoms with Gasteiger partial charge in [-0.15, -0.1) is 0 Å². The van der Waals surface area contributed by atoms with Gasteiger partial charge < -0.3 is 69.7 Å². The van der Waals surface area contributed by atoms with Gasteiger partial charge in [-0.2, -0.15) is 0 Å². The number of benzene rings is 2. The number of aliphatic hydroxyl groups is 6. The summed E-state index contributed by atoms with van der Waals surface area (Å²) in [5, 5.41) is 103. The maximum Gasteiger partial charge on any atom is 0.197 e. The molecule has 2 aliphatic heterocycles. The van der Waals surface area contributed by atoms with Crippen molar-refractivity contribution in [1.29, 1.82) is 0 Å². The van der Waals surface area contributed by atoms with Crippen molar-refractivity contribution >= 4 is 11.0 Å². The summed E-state index contributed by atoms with van der Waals surface area (Å²) in [5.41, 5.74) is -1.42. The third kappa shape index (κ3) is 5.04. The number of phenols is 4. The van der Waals surface area contributed by atoms with E-state index in [-0.39, 0.29) is 16.9 Å². The summed E-state index contributed by atoms with van der Waals surface area (Å²) in [5.74, 6) is -2.56. The second-order valence-corrected chi connectivity index (χ2v) is 10.3. The molecule has 2 saturated heterocycles. The van der Waals surface area contributed by atoms with Gasteiger partial charge in [0.25, 0.3) is 0 Å². The van der Waals surface area contributed by atoms with E-state index >= 15 is 0 Å². The number of aliphatic hydroxyl groups excluding tert-OH is 6. The number of hydrogen-bond donors (Lipinski definition) is 10. The van der Waals surface area contributed by atoms with Crippen molar-refractivity contribution in [2.24, 2.45) is 0 Å². The largest absolute Gasteiger partial charge is 0.507 e. The molecule has 0 aliphatic carbocycles. The first-order valence-corrected chi connectivity index (χ1v) is 12.9. The molecule has 0 bridgehead atoms. The van der Waals surface area contributed by atoms with E-state index in [9.17, 15) is 55.9 Å². The second kappa shape index (κ2) is 11.3. The highest BCUT2D eigenvalue weighted by Gasteiger charge is 2.51. The first-order valence-electron chi connectivity index (χ1n) is 12.9. The Bertz CT molecular complexity index is 1520. The molecule has 0 saturated carbocycles. The fourth-order valence-corrected chi connectivity index (χ4v) is 5.16. The molecular formula is C27H30O15. The van der Waals surface area contributed by atoms with E-state index in [0.717, 1.165) is 24.3 Å². The molecule has 3 aromatic rings. The number of aromatic hydroxyl groups is 4. The lowest BCUT2D eigenvalue weighted by Gasteiger charge is -2.46. The molecule has 9 unspecified atom stereocenters. The molecule has 10 N–H and O–H groups in total. The van der Waals surface area contributed by atoms with Crippen LogP contribution in [0.5, 0.6) is 23.0 Å². The van der Waals surface area contributed by atoms with E-state index < -0.39 is 107 Å². The molecule has 3 heterocycles. The minimum atomic E-state index is -1.88. The normalized spacial score (nSPS) is 33.6. The first kappa shape index (κ1) is 30.0. The molecule has 10 atom stereocenters. The van der Waals surface area contributed by atoms with Crippen LogP contribution in [0.4, 0.5) is 0 Å². The van der Waals surface area contributed by atoms with Crippen molar-refractivity contribution in [3.63, 3.8) is 0 Å². The van der Waals surface area contributed by atoms with Crippen molar-refractivity contribution in [3.8, 4) is 34.3 Å². The summed E-state index contributed by atoms with van der Waals surface area (Å²) in [7, 11) is 0. The molecule has 42 heavy (non-hydrogen) atoms. The van der Waals surface area contributed by atoms with E-state index in [0.29, 0.717) is 0 Å². The van der Waals surface area contributed by atoms with Crippen molar-refractivity contribution in [2.45, 2.75) is 68.1 Å². The molecule has 0 spiro atoms. The number of rotatable bonds is 5. The molecule has 2 aliphatic rings. The van der Waals surface area contributed by atoms with E-state index in [1.807, 2.05) is 0 Å². The summed E-state index contributed by atoms with van der Waals surface area (Å²) in [6, 6.07) is 5.60. The molecule has 5 rings (SSSR count). The van der Waals surface area contributed by atoms with E-state index in [2.05, 4.69) is 0 Å². The summed E-state index contributed by atoms with van der Waals surface area (Å²) in [6.07, 6.45) is -16.3. The quantitative estimate of drug-likeness (QED) is 0.153. The Hall–Kier alpha value is -3.51. The van der Waals surface area contributed by atoms with Gasteiger partial charge in [0.05, 0.1) is 18.3 Å². The highest BCUT2D eigenvalue weighted by atomic mass is 16.7. The molecule has 15 nitrogen and oxygen atoms in total. The third-order valence-electron chi connectivity index (χ3n) is 7.52. The fraction of sp³-hybridized carbons (Fsp3) is 0.444. The Kier molecular flexibility index (Phi) is 8.06. The van der Waals surface area contributed by atoms with Crippen LogP contribution in [-0.4, -0.2) is 113 Å².